The van der Waals surface area contributed by atoms with Crippen LogP contribution in [0.5, 0.6) is 11.5 Å². The van der Waals surface area contributed by atoms with Crippen molar-refractivity contribution in [3.8, 4) is 11.5 Å². The summed E-state index contributed by atoms with van der Waals surface area (Å²) >= 11 is 6.33. The lowest BCUT2D eigenvalue weighted by Crippen LogP contribution is -2.44. The molecule has 1 saturated heterocycles. The predicted molar refractivity (Wildman–Crippen MR) is 144 cm³/mol. The van der Waals surface area contributed by atoms with Gasteiger partial charge in [-0.2, -0.15) is 5.01 Å². The number of thiocarbonyl (C=S) groups is 1. The SMILES string of the molecule is Cc1ccc(COc2ccc(C(=O)NN3C(=O)/C(=C\c4cccc(OCC(=O)O)c4)SC3=S)cc2)cc1. The number of carbonyl (C=O) groups is 3. The van der Waals surface area contributed by atoms with E-state index in [1.165, 1.54) is 5.56 Å². The summed E-state index contributed by atoms with van der Waals surface area (Å²) in [5.41, 5.74) is 5.72. The third kappa shape index (κ3) is 6.96. The fourth-order valence-corrected chi connectivity index (χ4v) is 4.45. The minimum atomic E-state index is -1.09. The Morgan fingerprint density at radius 2 is 1.76 bits per heavy atom. The molecule has 1 aliphatic heterocycles. The standard InChI is InChI=1S/C27H22N2O6S2/c1-17-5-7-18(8-6-17)15-34-21-11-9-20(10-12-21)25(32)28-29-26(33)23(37-27(29)36)14-19-3-2-4-22(13-19)35-16-24(30)31/h2-14H,15-16H2,1H3,(H,28,32)(H,30,31)/b23-14+. The molecule has 3 aromatic carbocycles. The van der Waals surface area contributed by atoms with E-state index >= 15 is 0 Å². The van der Waals surface area contributed by atoms with Crippen LogP contribution < -0.4 is 14.9 Å². The number of hydrogen-bond donors (Lipinski definition) is 2. The molecule has 3 aromatic rings. The monoisotopic (exact) mass is 534 g/mol. The van der Waals surface area contributed by atoms with Crippen LogP contribution in [0.1, 0.15) is 27.0 Å². The first-order chi connectivity index (χ1) is 17.8. The molecule has 1 aliphatic rings. The van der Waals surface area contributed by atoms with Gasteiger partial charge in [0.05, 0.1) is 4.91 Å². The molecule has 0 radical (unpaired) electrons. The zero-order valence-electron chi connectivity index (χ0n) is 19.7. The van der Waals surface area contributed by atoms with Crippen LogP contribution in [-0.2, 0) is 16.2 Å². The number of aryl methyl sites for hydroxylation is 1. The summed E-state index contributed by atoms with van der Waals surface area (Å²) in [5, 5.41) is 9.79. The van der Waals surface area contributed by atoms with Crippen molar-refractivity contribution in [2.45, 2.75) is 13.5 Å². The van der Waals surface area contributed by atoms with Crippen LogP contribution in [0.2, 0.25) is 0 Å². The number of carbonyl (C=O) groups excluding carboxylic acids is 2. The Labute approximate surface area is 222 Å². The van der Waals surface area contributed by atoms with Crippen LogP contribution in [0.15, 0.2) is 77.7 Å². The van der Waals surface area contributed by atoms with Gasteiger partial charge in [0.25, 0.3) is 11.8 Å². The van der Waals surface area contributed by atoms with Crippen molar-refractivity contribution in [3.05, 3.63) is 100.0 Å². The molecule has 2 amide bonds. The molecule has 0 aliphatic carbocycles. The smallest absolute Gasteiger partial charge is 0.341 e. The van der Waals surface area contributed by atoms with Crippen LogP contribution in [0.3, 0.4) is 0 Å². The third-order valence-corrected chi connectivity index (χ3v) is 6.47. The number of hydrazine groups is 1. The summed E-state index contributed by atoms with van der Waals surface area (Å²) in [6, 6.07) is 21.3. The minimum Gasteiger partial charge on any atom is -0.489 e. The number of thioether (sulfide) groups is 1. The largest absolute Gasteiger partial charge is 0.489 e. The average Bonchev–Trinajstić information content (AvgIpc) is 3.15. The fourth-order valence-electron chi connectivity index (χ4n) is 3.27. The third-order valence-electron chi connectivity index (χ3n) is 5.17. The van der Waals surface area contributed by atoms with Crippen molar-refractivity contribution in [1.29, 1.82) is 0 Å². The Morgan fingerprint density at radius 1 is 1.03 bits per heavy atom. The van der Waals surface area contributed by atoms with E-state index in [1.807, 2.05) is 31.2 Å². The zero-order valence-corrected chi connectivity index (χ0v) is 21.3. The first kappa shape index (κ1) is 25.9. The van der Waals surface area contributed by atoms with Gasteiger partial charge in [0.15, 0.2) is 10.9 Å². The molecule has 0 saturated carbocycles. The van der Waals surface area contributed by atoms with Gasteiger partial charge in [-0.25, -0.2) is 4.79 Å². The molecule has 0 aromatic heterocycles. The minimum absolute atomic E-state index is 0.181. The quantitative estimate of drug-likeness (QED) is 0.304. The highest BCUT2D eigenvalue weighted by Gasteiger charge is 2.33. The second-order valence-corrected chi connectivity index (χ2v) is 9.69. The average molecular weight is 535 g/mol. The number of carboxylic acids is 1. The Hall–Kier alpha value is -4.15. The van der Waals surface area contributed by atoms with E-state index in [2.05, 4.69) is 5.43 Å². The maximum atomic E-state index is 12.9. The molecule has 8 nitrogen and oxygen atoms in total. The molecule has 2 N–H and O–H groups in total. The van der Waals surface area contributed by atoms with E-state index in [9.17, 15) is 14.4 Å². The highest BCUT2D eigenvalue weighted by Crippen LogP contribution is 2.32. The molecule has 1 heterocycles. The first-order valence-electron chi connectivity index (χ1n) is 11.1. The summed E-state index contributed by atoms with van der Waals surface area (Å²) in [7, 11) is 0. The van der Waals surface area contributed by atoms with E-state index < -0.39 is 24.4 Å². The van der Waals surface area contributed by atoms with E-state index in [1.54, 1.807) is 54.6 Å². The molecule has 10 heteroatoms. The molecule has 37 heavy (non-hydrogen) atoms. The molecule has 0 unspecified atom stereocenters. The summed E-state index contributed by atoms with van der Waals surface area (Å²) in [6.07, 6.45) is 1.60. The Balaban J connectivity index is 1.36. The molecule has 1 fully saturated rings. The van der Waals surface area contributed by atoms with Crippen LogP contribution in [0.4, 0.5) is 0 Å². The number of carboxylic acid groups (broad SMARTS) is 1. The number of hydrogen-bond acceptors (Lipinski definition) is 7. The van der Waals surface area contributed by atoms with E-state index in [4.69, 9.17) is 26.8 Å². The van der Waals surface area contributed by atoms with Crippen LogP contribution in [0.25, 0.3) is 6.08 Å². The van der Waals surface area contributed by atoms with Crippen molar-refractivity contribution in [3.63, 3.8) is 0 Å². The number of nitrogens with one attached hydrogen (secondary N) is 1. The lowest BCUT2D eigenvalue weighted by molar-refractivity contribution is -0.139. The summed E-state index contributed by atoms with van der Waals surface area (Å²) in [5.74, 6) is -1.09. The van der Waals surface area contributed by atoms with Gasteiger partial charge in [-0.05, 0) is 72.7 Å². The molecule has 188 valence electrons. The van der Waals surface area contributed by atoms with Gasteiger partial charge < -0.3 is 14.6 Å². The van der Waals surface area contributed by atoms with Crippen molar-refractivity contribution in [1.82, 2.24) is 10.4 Å². The van der Waals surface area contributed by atoms with E-state index in [-0.39, 0.29) is 4.32 Å². The number of nitrogens with zero attached hydrogens (tertiary/aromatic N) is 1. The highest BCUT2D eigenvalue weighted by atomic mass is 32.2. The molecular formula is C27H22N2O6S2. The number of ether oxygens (including phenoxy) is 2. The van der Waals surface area contributed by atoms with E-state index in [0.29, 0.717) is 34.1 Å². The topological polar surface area (TPSA) is 105 Å². The van der Waals surface area contributed by atoms with Gasteiger partial charge in [-0.15, -0.1) is 0 Å². The van der Waals surface area contributed by atoms with Crippen molar-refractivity contribution in [2.24, 2.45) is 0 Å². The molecule has 4 rings (SSSR count). The molecule has 0 spiro atoms. The lowest BCUT2D eigenvalue weighted by Gasteiger charge is -2.15. The van der Waals surface area contributed by atoms with Crippen molar-refractivity contribution < 1.29 is 29.0 Å². The van der Waals surface area contributed by atoms with Gasteiger partial charge in [-0.1, -0.05) is 53.7 Å². The van der Waals surface area contributed by atoms with Crippen LogP contribution >= 0.6 is 24.0 Å². The Morgan fingerprint density at radius 3 is 2.46 bits per heavy atom. The number of benzene rings is 3. The normalized spacial score (nSPS) is 14.1. The Kier molecular flexibility index (Phi) is 8.22. The highest BCUT2D eigenvalue weighted by molar-refractivity contribution is 8.26. The number of rotatable bonds is 9. The maximum absolute atomic E-state index is 12.9. The van der Waals surface area contributed by atoms with E-state index in [0.717, 1.165) is 22.3 Å². The van der Waals surface area contributed by atoms with Crippen molar-refractivity contribution >= 4 is 52.2 Å². The van der Waals surface area contributed by atoms with Crippen LogP contribution in [-0.4, -0.2) is 38.8 Å². The summed E-state index contributed by atoms with van der Waals surface area (Å²) in [4.78, 5) is 36.7. The van der Waals surface area contributed by atoms with Gasteiger partial charge in [0.1, 0.15) is 18.1 Å². The van der Waals surface area contributed by atoms with Crippen molar-refractivity contribution in [2.75, 3.05) is 6.61 Å². The molecular weight excluding hydrogens is 512 g/mol. The fraction of sp³-hybridized carbons (Fsp3) is 0.111. The van der Waals surface area contributed by atoms with Crippen LogP contribution in [0, 0.1) is 6.92 Å². The van der Waals surface area contributed by atoms with Gasteiger partial charge in [-0.3, -0.25) is 15.0 Å². The predicted octanol–water partition coefficient (Wildman–Crippen LogP) is 4.58. The summed E-state index contributed by atoms with van der Waals surface area (Å²) < 4.78 is 11.1. The number of amides is 2. The van der Waals surface area contributed by atoms with Gasteiger partial charge in [0.2, 0.25) is 0 Å². The second kappa shape index (κ2) is 11.7. The summed E-state index contributed by atoms with van der Waals surface area (Å²) in [6.45, 7) is 1.95. The number of aliphatic carboxylic acids is 1. The molecule has 0 bridgehead atoms. The second-order valence-electron chi connectivity index (χ2n) is 8.01. The first-order valence-corrected chi connectivity index (χ1v) is 12.3. The maximum Gasteiger partial charge on any atom is 0.341 e. The van der Waals surface area contributed by atoms with Gasteiger partial charge in [0, 0.05) is 5.56 Å². The van der Waals surface area contributed by atoms with Gasteiger partial charge >= 0.3 is 5.97 Å². The zero-order chi connectivity index (χ0) is 26.4. The Bertz CT molecular complexity index is 1370. The molecule has 0 atom stereocenters. The lowest BCUT2D eigenvalue weighted by atomic mass is 10.2.